The molecule has 0 bridgehead atoms. The van der Waals surface area contributed by atoms with Crippen molar-refractivity contribution in [2.75, 3.05) is 0 Å². The Morgan fingerprint density at radius 2 is 2.00 bits per heavy atom. The van der Waals surface area contributed by atoms with E-state index in [2.05, 4.69) is 12.3 Å². The number of nitriles is 1. The first-order valence-corrected chi connectivity index (χ1v) is 1.26. The van der Waals surface area contributed by atoms with Gasteiger partial charge in [0, 0.05) is 5.92 Å². The molecule has 0 aromatic carbocycles. The minimum Gasteiger partial charge on any atom is -0.106 e. The highest BCUT2D eigenvalue weighted by atomic mass is 14.2. The van der Waals surface area contributed by atoms with Gasteiger partial charge in [0.2, 0.25) is 0 Å². The highest BCUT2D eigenvalue weighted by Gasteiger charge is 1.62. The normalized spacial score (nSPS) is 3.00. The van der Waals surface area contributed by atoms with Crippen LogP contribution < -0.4 is 0 Å². The maximum absolute atomic E-state index is 7.68. The molecule has 6 heavy (non-hydrogen) atoms. The van der Waals surface area contributed by atoms with Crippen molar-refractivity contribution >= 4 is 0 Å². The molecule has 0 aliphatic heterocycles. The van der Waals surface area contributed by atoms with Gasteiger partial charge in [0.25, 0.3) is 0 Å². The molecule has 0 atom stereocenters. The molecular weight excluding hydrogens is 74.1 g/mol. The molecule has 0 saturated carbocycles. The first-order valence-electron chi connectivity index (χ1n) is 1.26. The molecule has 0 heterocycles. The quantitative estimate of drug-likeness (QED) is 0.382. The van der Waals surface area contributed by atoms with Crippen LogP contribution in [0, 0.1) is 30.3 Å². The van der Waals surface area contributed by atoms with Crippen molar-refractivity contribution in [3.8, 4) is 30.3 Å². The Bertz CT molecular complexity index is 137. The lowest BCUT2D eigenvalue weighted by molar-refractivity contribution is 2.44. The van der Waals surface area contributed by atoms with E-state index in [9.17, 15) is 0 Å². The molecule has 0 amide bonds. The van der Waals surface area contributed by atoms with E-state index in [0.29, 0.717) is 0 Å². The summed E-state index contributed by atoms with van der Waals surface area (Å²) in [6.07, 6.45) is 4.64. The molecule has 0 fully saturated rings. The molecule has 0 spiro atoms. The molecule has 0 rings (SSSR count). The molecule has 1 heteroatoms. The number of terminal acetylenes is 1. The Labute approximate surface area is 36.6 Å². The zero-order valence-electron chi connectivity index (χ0n) is 3.02. The maximum Gasteiger partial charge on any atom is 0.484 e. The molecule has 0 aliphatic rings. The van der Waals surface area contributed by atoms with Gasteiger partial charge in [-0.05, 0) is 5.92 Å². The smallest absolute Gasteiger partial charge is 0.106 e. The van der Waals surface area contributed by atoms with Gasteiger partial charge in [-0.2, -0.15) is 0 Å². The number of hydrogen-bond acceptors (Lipinski definition) is 1. The van der Waals surface area contributed by atoms with E-state index in [1.54, 1.807) is 6.07 Å². The van der Waals surface area contributed by atoms with Crippen LogP contribution in [0.3, 0.4) is 0 Å². The monoisotopic (exact) mass is 75.0 g/mol. The van der Waals surface area contributed by atoms with Crippen molar-refractivity contribution < 1.29 is 0 Å². The van der Waals surface area contributed by atoms with Crippen LogP contribution in [0.25, 0.3) is 5.26 Å². The Balaban J connectivity index is 3.60. The first-order chi connectivity index (χ1) is 2.91. The fourth-order valence-electron chi connectivity index (χ4n) is 0.0640. The number of nitrogens with zero attached hydrogens (tertiary/aromatic N) is 1. The second-order valence-electron chi connectivity index (χ2n) is 0.506. The molecule has 0 aliphatic carbocycles. The van der Waals surface area contributed by atoms with E-state index in [-0.39, 0.29) is 0 Å². The number of hydrogen-bond donors (Lipinski definition) is 0. The van der Waals surface area contributed by atoms with Crippen molar-refractivity contribution in [1.29, 1.82) is 0 Å². The van der Waals surface area contributed by atoms with Crippen molar-refractivity contribution in [2.24, 2.45) is 0 Å². The third-order valence-corrected chi connectivity index (χ3v) is 0.191. The minimum absolute atomic E-state index is 1.56. The zero-order chi connectivity index (χ0) is 4.83. The molecule has 1 radical (unpaired) electrons. The van der Waals surface area contributed by atoms with E-state index in [1.807, 2.05) is 11.8 Å². The van der Waals surface area contributed by atoms with Gasteiger partial charge in [-0.3, -0.25) is 0 Å². The van der Waals surface area contributed by atoms with E-state index in [4.69, 9.17) is 5.26 Å². The second-order valence-corrected chi connectivity index (χ2v) is 0.506. The SMILES string of the molecule is C#CC#CC#[N+]. The van der Waals surface area contributed by atoms with Crippen molar-refractivity contribution in [2.45, 2.75) is 0 Å². The van der Waals surface area contributed by atoms with Crippen LogP contribution in [0.5, 0.6) is 0 Å². The predicted octanol–water partition coefficient (Wildman–Crippen LogP) is 0.420. The van der Waals surface area contributed by atoms with Crippen LogP contribution in [0.2, 0.25) is 0 Å². The molecule has 0 unspecified atom stereocenters. The summed E-state index contributed by atoms with van der Waals surface area (Å²) < 4.78 is 0. The van der Waals surface area contributed by atoms with Crippen LogP contribution in [0.15, 0.2) is 0 Å². The van der Waals surface area contributed by atoms with E-state index >= 15 is 0 Å². The van der Waals surface area contributed by atoms with Gasteiger partial charge in [0.05, 0.1) is 5.92 Å². The topological polar surface area (TPSA) is 22.3 Å². The molecular formula is C5HN+. The van der Waals surface area contributed by atoms with E-state index in [1.165, 1.54) is 0 Å². The summed E-state index contributed by atoms with van der Waals surface area (Å²) in [5.74, 6) is 6.12. The second kappa shape index (κ2) is 3.61. The third kappa shape index (κ3) is 2.61. The summed E-state index contributed by atoms with van der Waals surface area (Å²) in [5.41, 5.74) is 0. The highest BCUT2D eigenvalue weighted by Crippen LogP contribution is 1.44. The summed E-state index contributed by atoms with van der Waals surface area (Å²) in [6.45, 7) is 0. The zero-order valence-corrected chi connectivity index (χ0v) is 3.02. The largest absolute Gasteiger partial charge is 0.484 e. The average molecular weight is 75.1 g/mol. The van der Waals surface area contributed by atoms with Crippen LogP contribution in [0.1, 0.15) is 0 Å². The Hall–Kier alpha value is -1.39. The van der Waals surface area contributed by atoms with Crippen molar-refractivity contribution in [3.05, 3.63) is 5.26 Å². The lowest BCUT2D eigenvalue weighted by Crippen LogP contribution is -1.41. The van der Waals surface area contributed by atoms with Crippen LogP contribution >= 0.6 is 0 Å². The van der Waals surface area contributed by atoms with Crippen molar-refractivity contribution in [1.82, 2.24) is 0 Å². The van der Waals surface area contributed by atoms with Gasteiger partial charge >= 0.3 is 11.3 Å². The fourth-order valence-corrected chi connectivity index (χ4v) is 0.0640. The summed E-state index contributed by atoms with van der Waals surface area (Å²) in [4.78, 5) is 0. The van der Waals surface area contributed by atoms with E-state index in [0.717, 1.165) is 0 Å². The Morgan fingerprint density at radius 1 is 1.33 bits per heavy atom. The van der Waals surface area contributed by atoms with Crippen LogP contribution in [-0.2, 0) is 0 Å². The van der Waals surface area contributed by atoms with Crippen LogP contribution in [0.4, 0.5) is 0 Å². The van der Waals surface area contributed by atoms with Gasteiger partial charge in [0.15, 0.2) is 0 Å². The first kappa shape index (κ1) is 4.61. The lowest BCUT2D eigenvalue weighted by atomic mass is 10.6. The number of rotatable bonds is 0. The predicted molar refractivity (Wildman–Crippen MR) is 23.9 cm³/mol. The summed E-state index contributed by atoms with van der Waals surface area (Å²) >= 11 is 0. The van der Waals surface area contributed by atoms with E-state index < -0.39 is 0 Å². The standard InChI is InChI=1S/C5HN/c1-2-3-4-5-6/h1H/q+1. The summed E-state index contributed by atoms with van der Waals surface area (Å²) in [7, 11) is 0. The maximum atomic E-state index is 7.68. The third-order valence-electron chi connectivity index (χ3n) is 0.191. The minimum atomic E-state index is 1.56. The molecule has 0 aromatic heterocycles. The lowest BCUT2D eigenvalue weighted by Gasteiger charge is -1.34. The molecule has 0 N–H and O–H groups in total. The van der Waals surface area contributed by atoms with Gasteiger partial charge in [-0.25, -0.2) is 0 Å². The molecule has 25 valence electrons. The van der Waals surface area contributed by atoms with Crippen LogP contribution in [-0.4, -0.2) is 0 Å². The molecule has 0 saturated heterocycles. The van der Waals surface area contributed by atoms with Gasteiger partial charge < -0.3 is 0 Å². The highest BCUT2D eigenvalue weighted by molar-refractivity contribution is 5.30. The molecule has 0 aromatic rings. The van der Waals surface area contributed by atoms with Gasteiger partial charge in [-0.1, -0.05) is 0 Å². The molecule has 1 nitrogen and oxygen atoms in total. The summed E-state index contributed by atoms with van der Waals surface area (Å²) in [6, 6.07) is 1.56. The average Bonchev–Trinajstić information content (AvgIpc) is 1.61. The Kier molecular flexibility index (Phi) is 2.77. The van der Waals surface area contributed by atoms with Gasteiger partial charge in [0.1, 0.15) is 0 Å². The Morgan fingerprint density at radius 3 is 2.17 bits per heavy atom. The summed E-state index contributed by atoms with van der Waals surface area (Å²) in [5, 5.41) is 7.68. The fraction of sp³-hybridized carbons (Fsp3) is 0. The van der Waals surface area contributed by atoms with Crippen molar-refractivity contribution in [3.63, 3.8) is 0 Å². The van der Waals surface area contributed by atoms with Gasteiger partial charge in [-0.15, -0.1) is 6.42 Å².